The van der Waals surface area contributed by atoms with Gasteiger partial charge in [-0.2, -0.15) is 9.78 Å². The van der Waals surface area contributed by atoms with E-state index in [-0.39, 0.29) is 6.04 Å². The average Bonchev–Trinajstić information content (AvgIpc) is 3.65. The minimum absolute atomic E-state index is 0.0620. The quantitative estimate of drug-likeness (QED) is 0.407. The summed E-state index contributed by atoms with van der Waals surface area (Å²) < 4.78 is 1.86. The third-order valence-electron chi connectivity index (χ3n) is 6.55. The number of nitrogens with two attached hydrogens (primary N) is 1. The SMILES string of the molecule is CCc1nc2sc(N3CCC(N(C)C(N)=O)C3)nn2c1N(C)c1nc(-c2ccc(C)cc2)c(C#N)s1. The number of anilines is 3. The van der Waals surface area contributed by atoms with Crippen LogP contribution in [0.2, 0.25) is 0 Å². The van der Waals surface area contributed by atoms with Crippen LogP contribution < -0.4 is 15.5 Å². The minimum Gasteiger partial charge on any atom is -0.351 e. The summed E-state index contributed by atoms with van der Waals surface area (Å²) in [6, 6.07) is 9.99. The summed E-state index contributed by atoms with van der Waals surface area (Å²) in [6.07, 6.45) is 1.58. The Morgan fingerprint density at radius 1 is 1.25 bits per heavy atom. The van der Waals surface area contributed by atoms with Gasteiger partial charge in [0.1, 0.15) is 16.6 Å². The number of rotatable bonds is 6. The van der Waals surface area contributed by atoms with Crippen LogP contribution in [0.1, 0.15) is 29.5 Å². The highest BCUT2D eigenvalue weighted by Gasteiger charge is 2.31. The zero-order valence-electron chi connectivity index (χ0n) is 20.6. The molecule has 10 nitrogen and oxygen atoms in total. The number of primary amides is 1. The van der Waals surface area contributed by atoms with Crippen molar-refractivity contribution in [2.45, 2.75) is 32.7 Å². The number of carbonyl (C=O) groups excluding carboxylic acids is 1. The molecule has 1 unspecified atom stereocenters. The maximum Gasteiger partial charge on any atom is 0.314 e. The van der Waals surface area contributed by atoms with Crippen molar-refractivity contribution in [1.29, 1.82) is 5.26 Å². The molecule has 4 aromatic rings. The molecule has 1 aliphatic rings. The summed E-state index contributed by atoms with van der Waals surface area (Å²) in [7, 11) is 3.67. The molecule has 1 aliphatic heterocycles. The summed E-state index contributed by atoms with van der Waals surface area (Å²) >= 11 is 2.89. The fraction of sp³-hybridized carbons (Fsp3) is 0.375. The smallest absolute Gasteiger partial charge is 0.314 e. The van der Waals surface area contributed by atoms with Gasteiger partial charge in [0.2, 0.25) is 10.1 Å². The number of imidazole rings is 1. The molecule has 0 spiro atoms. The summed E-state index contributed by atoms with van der Waals surface area (Å²) in [6.45, 7) is 5.57. The van der Waals surface area contributed by atoms with Crippen LogP contribution in [0.15, 0.2) is 24.3 Å². The zero-order valence-corrected chi connectivity index (χ0v) is 22.2. The number of likely N-dealkylation sites (N-methyl/N-ethyl adjacent to an activating group) is 1. The lowest BCUT2D eigenvalue weighted by Crippen LogP contribution is -2.42. The molecule has 0 aliphatic carbocycles. The Morgan fingerprint density at radius 3 is 2.67 bits per heavy atom. The number of nitrogens with zero attached hydrogens (tertiary/aromatic N) is 8. The van der Waals surface area contributed by atoms with Gasteiger partial charge in [0.15, 0.2) is 10.9 Å². The van der Waals surface area contributed by atoms with E-state index in [1.807, 2.05) is 47.7 Å². The summed E-state index contributed by atoms with van der Waals surface area (Å²) in [4.78, 5) is 28.4. The molecule has 0 radical (unpaired) electrons. The van der Waals surface area contributed by atoms with Crippen molar-refractivity contribution in [3.05, 3.63) is 40.4 Å². The number of carbonyl (C=O) groups is 1. The van der Waals surface area contributed by atoms with Gasteiger partial charge >= 0.3 is 6.03 Å². The van der Waals surface area contributed by atoms with Gasteiger partial charge in [-0.15, -0.1) is 5.10 Å². The molecule has 36 heavy (non-hydrogen) atoms. The van der Waals surface area contributed by atoms with Crippen LogP contribution >= 0.6 is 22.7 Å². The summed E-state index contributed by atoms with van der Waals surface area (Å²) in [5, 5.41) is 16.2. The Hall–Kier alpha value is -3.69. The third-order valence-corrected chi connectivity index (χ3v) is 8.56. The second-order valence-electron chi connectivity index (χ2n) is 8.86. The summed E-state index contributed by atoms with van der Waals surface area (Å²) in [5.74, 6) is 0.841. The van der Waals surface area contributed by atoms with Crippen LogP contribution in [0.4, 0.5) is 20.9 Å². The molecule has 1 atom stereocenters. The number of hydrogen-bond donors (Lipinski definition) is 1. The van der Waals surface area contributed by atoms with E-state index in [1.165, 1.54) is 22.7 Å². The van der Waals surface area contributed by atoms with Gasteiger partial charge in [0.25, 0.3) is 0 Å². The Bertz CT molecular complexity index is 1460. The second-order valence-corrected chi connectivity index (χ2v) is 10.8. The fourth-order valence-electron chi connectivity index (χ4n) is 4.41. The molecule has 4 heterocycles. The van der Waals surface area contributed by atoms with Crippen molar-refractivity contribution < 1.29 is 4.79 Å². The number of aryl methyl sites for hydroxylation is 2. The highest BCUT2D eigenvalue weighted by atomic mass is 32.1. The maximum absolute atomic E-state index is 11.6. The first-order valence-electron chi connectivity index (χ1n) is 11.7. The van der Waals surface area contributed by atoms with Crippen LogP contribution in [0.5, 0.6) is 0 Å². The van der Waals surface area contributed by atoms with E-state index >= 15 is 0 Å². The van der Waals surface area contributed by atoms with E-state index in [0.29, 0.717) is 22.2 Å². The predicted molar refractivity (Wildman–Crippen MR) is 143 cm³/mol. The van der Waals surface area contributed by atoms with Crippen molar-refractivity contribution in [2.75, 3.05) is 37.0 Å². The zero-order chi connectivity index (χ0) is 25.6. The van der Waals surface area contributed by atoms with Gasteiger partial charge in [-0.1, -0.05) is 59.4 Å². The lowest BCUT2D eigenvalue weighted by molar-refractivity contribution is 0.204. The molecular formula is C24H27N9OS2. The predicted octanol–water partition coefficient (Wildman–Crippen LogP) is 4.01. The lowest BCUT2D eigenvalue weighted by Gasteiger charge is -2.22. The molecule has 1 saturated heterocycles. The minimum atomic E-state index is -0.419. The molecule has 2 N–H and O–H groups in total. The average molecular weight is 522 g/mol. The first kappa shape index (κ1) is 24.0. The number of urea groups is 1. The second kappa shape index (κ2) is 9.40. The Morgan fingerprint density at radius 2 is 2.00 bits per heavy atom. The molecule has 5 rings (SSSR count). The normalized spacial score (nSPS) is 15.4. The lowest BCUT2D eigenvalue weighted by atomic mass is 10.1. The van der Waals surface area contributed by atoms with Gasteiger partial charge in [-0.3, -0.25) is 0 Å². The van der Waals surface area contributed by atoms with Gasteiger partial charge in [-0.25, -0.2) is 14.8 Å². The van der Waals surface area contributed by atoms with Gasteiger partial charge in [-0.05, 0) is 19.8 Å². The van der Waals surface area contributed by atoms with E-state index in [1.54, 1.807) is 11.9 Å². The molecule has 3 aromatic heterocycles. The van der Waals surface area contributed by atoms with Crippen molar-refractivity contribution in [1.82, 2.24) is 24.5 Å². The van der Waals surface area contributed by atoms with Crippen LogP contribution in [-0.2, 0) is 6.42 Å². The molecule has 1 fully saturated rings. The van der Waals surface area contributed by atoms with Crippen molar-refractivity contribution in [3.63, 3.8) is 0 Å². The molecule has 0 saturated carbocycles. The molecule has 1 aromatic carbocycles. The van der Waals surface area contributed by atoms with Crippen molar-refractivity contribution in [3.8, 4) is 17.3 Å². The Kier molecular flexibility index (Phi) is 6.27. The number of nitriles is 1. The highest BCUT2D eigenvalue weighted by molar-refractivity contribution is 7.20. The largest absolute Gasteiger partial charge is 0.351 e. The third kappa shape index (κ3) is 4.14. The van der Waals surface area contributed by atoms with E-state index in [4.69, 9.17) is 20.8 Å². The Labute approximate surface area is 217 Å². The number of fused-ring (bicyclic) bond motifs is 1. The highest BCUT2D eigenvalue weighted by Crippen LogP contribution is 2.38. The van der Waals surface area contributed by atoms with E-state index in [9.17, 15) is 10.1 Å². The monoisotopic (exact) mass is 521 g/mol. The standard InChI is InChI=1S/C24H27N9OS2/c1-5-17-20(31(4)22-28-19(18(12-25)35-22)15-8-6-14(2)7-9-15)33-23(27-17)36-24(29-33)32-11-10-16(13-32)30(3)21(26)34/h6-9,16H,5,10-11,13H2,1-4H3,(H2,26,34). The van der Waals surface area contributed by atoms with Gasteiger partial charge in [0.05, 0.1) is 11.7 Å². The number of benzene rings is 1. The van der Waals surface area contributed by atoms with Crippen molar-refractivity contribution >= 4 is 49.7 Å². The summed E-state index contributed by atoms with van der Waals surface area (Å²) in [5.41, 5.74) is 9.14. The van der Waals surface area contributed by atoms with Gasteiger partial charge in [0, 0.05) is 32.7 Å². The molecular weight excluding hydrogens is 494 g/mol. The van der Waals surface area contributed by atoms with Crippen LogP contribution in [-0.4, -0.2) is 63.7 Å². The van der Waals surface area contributed by atoms with E-state index < -0.39 is 6.03 Å². The first-order valence-corrected chi connectivity index (χ1v) is 13.3. The molecule has 186 valence electrons. The molecule has 12 heteroatoms. The number of aromatic nitrogens is 4. The van der Waals surface area contributed by atoms with E-state index in [0.717, 1.165) is 52.1 Å². The Balaban J connectivity index is 1.49. The van der Waals surface area contributed by atoms with Crippen molar-refractivity contribution in [2.24, 2.45) is 5.73 Å². The molecule has 0 bridgehead atoms. The van der Waals surface area contributed by atoms with E-state index in [2.05, 4.69) is 17.9 Å². The van der Waals surface area contributed by atoms with Crippen LogP contribution in [0.25, 0.3) is 16.2 Å². The fourth-order valence-corrected chi connectivity index (χ4v) is 6.21. The van der Waals surface area contributed by atoms with Crippen LogP contribution in [0, 0.1) is 18.3 Å². The van der Waals surface area contributed by atoms with Gasteiger partial charge < -0.3 is 20.4 Å². The number of thiazole rings is 1. The maximum atomic E-state index is 11.6. The molecule has 2 amide bonds. The topological polar surface area (TPSA) is 120 Å². The number of amides is 2. The number of hydrogen-bond acceptors (Lipinski definition) is 9. The first-order chi connectivity index (χ1) is 17.3. The van der Waals surface area contributed by atoms with Crippen LogP contribution in [0.3, 0.4) is 0 Å².